The van der Waals surface area contributed by atoms with E-state index in [2.05, 4.69) is 5.32 Å². The standard InChI is InChI=1S/C16H16ClF2N/c1-10(12-3-5-13(17)6-4-12)20-11(2)15-9-14(18)7-8-16(15)19/h3-11,20H,1-2H3/t10-,11?/m0/s1. The van der Waals surface area contributed by atoms with Gasteiger partial charge in [0.05, 0.1) is 0 Å². The summed E-state index contributed by atoms with van der Waals surface area (Å²) < 4.78 is 26.9. The highest BCUT2D eigenvalue weighted by molar-refractivity contribution is 6.30. The van der Waals surface area contributed by atoms with Gasteiger partial charge in [-0.1, -0.05) is 23.7 Å². The van der Waals surface area contributed by atoms with Crippen LogP contribution < -0.4 is 5.32 Å². The fourth-order valence-electron chi connectivity index (χ4n) is 2.16. The van der Waals surface area contributed by atoms with Gasteiger partial charge in [0.15, 0.2) is 0 Å². The van der Waals surface area contributed by atoms with Crippen molar-refractivity contribution >= 4 is 11.6 Å². The van der Waals surface area contributed by atoms with E-state index in [9.17, 15) is 8.78 Å². The van der Waals surface area contributed by atoms with Crippen LogP contribution in [0, 0.1) is 11.6 Å². The Labute approximate surface area is 122 Å². The van der Waals surface area contributed by atoms with Gasteiger partial charge in [-0.2, -0.15) is 0 Å². The first-order chi connectivity index (χ1) is 9.47. The lowest BCUT2D eigenvalue weighted by molar-refractivity contribution is 0.470. The van der Waals surface area contributed by atoms with Crippen LogP contribution in [-0.4, -0.2) is 0 Å². The van der Waals surface area contributed by atoms with Crippen LogP contribution in [0.2, 0.25) is 5.02 Å². The number of nitrogens with one attached hydrogen (secondary N) is 1. The second-order valence-corrected chi connectivity index (χ2v) is 5.26. The molecular formula is C16H16ClF2N. The predicted octanol–water partition coefficient (Wildman–Crippen LogP) is 5.03. The minimum absolute atomic E-state index is 0.00457. The Bertz CT molecular complexity index is 584. The zero-order valence-electron chi connectivity index (χ0n) is 11.3. The van der Waals surface area contributed by atoms with Crippen molar-refractivity contribution < 1.29 is 8.78 Å². The monoisotopic (exact) mass is 295 g/mol. The van der Waals surface area contributed by atoms with Gasteiger partial charge in [-0.05, 0) is 49.7 Å². The van der Waals surface area contributed by atoms with Gasteiger partial charge in [0, 0.05) is 22.7 Å². The molecule has 0 aliphatic heterocycles. The molecule has 0 saturated carbocycles. The van der Waals surface area contributed by atoms with Gasteiger partial charge < -0.3 is 5.32 Å². The minimum atomic E-state index is -0.436. The van der Waals surface area contributed by atoms with E-state index >= 15 is 0 Å². The quantitative estimate of drug-likeness (QED) is 0.834. The molecule has 4 heteroatoms. The lowest BCUT2D eigenvalue weighted by Crippen LogP contribution is -2.23. The zero-order valence-corrected chi connectivity index (χ0v) is 12.1. The average molecular weight is 296 g/mol. The largest absolute Gasteiger partial charge is 0.304 e. The summed E-state index contributed by atoms with van der Waals surface area (Å²) in [7, 11) is 0. The Morgan fingerprint density at radius 2 is 1.60 bits per heavy atom. The lowest BCUT2D eigenvalue weighted by atomic mass is 10.0. The SMILES string of the molecule is CC(N[C@@H](C)c1ccc(Cl)cc1)c1cc(F)ccc1F. The van der Waals surface area contributed by atoms with E-state index in [-0.39, 0.29) is 12.1 Å². The van der Waals surface area contributed by atoms with Crippen LogP contribution in [0.25, 0.3) is 0 Å². The highest BCUT2D eigenvalue weighted by Gasteiger charge is 2.15. The summed E-state index contributed by atoms with van der Waals surface area (Å²) in [6.07, 6.45) is 0. The fraction of sp³-hybridized carbons (Fsp3) is 0.250. The van der Waals surface area contributed by atoms with Gasteiger partial charge in [0.25, 0.3) is 0 Å². The van der Waals surface area contributed by atoms with Crippen molar-refractivity contribution in [3.8, 4) is 0 Å². The van der Waals surface area contributed by atoms with Crippen molar-refractivity contribution in [1.82, 2.24) is 5.32 Å². The summed E-state index contributed by atoms with van der Waals surface area (Å²) >= 11 is 5.84. The van der Waals surface area contributed by atoms with Gasteiger partial charge in [0.2, 0.25) is 0 Å². The third-order valence-electron chi connectivity index (χ3n) is 3.29. The Kier molecular flexibility index (Phi) is 4.73. The first kappa shape index (κ1) is 14.9. The van der Waals surface area contributed by atoms with E-state index in [1.54, 1.807) is 0 Å². The van der Waals surface area contributed by atoms with Crippen molar-refractivity contribution in [3.63, 3.8) is 0 Å². The van der Waals surface area contributed by atoms with Crippen LogP contribution in [0.3, 0.4) is 0 Å². The first-order valence-electron chi connectivity index (χ1n) is 6.44. The van der Waals surface area contributed by atoms with Gasteiger partial charge >= 0.3 is 0 Å². The maximum absolute atomic E-state index is 13.7. The van der Waals surface area contributed by atoms with Crippen molar-refractivity contribution in [2.24, 2.45) is 0 Å². The molecule has 0 amide bonds. The molecular weight excluding hydrogens is 280 g/mol. The molecule has 2 atom stereocenters. The average Bonchev–Trinajstić information content (AvgIpc) is 2.42. The third-order valence-corrected chi connectivity index (χ3v) is 3.55. The van der Waals surface area contributed by atoms with Crippen molar-refractivity contribution in [2.45, 2.75) is 25.9 Å². The van der Waals surface area contributed by atoms with Crippen LogP contribution in [0.5, 0.6) is 0 Å². The molecule has 0 heterocycles. The van der Waals surface area contributed by atoms with Crippen molar-refractivity contribution in [2.75, 3.05) is 0 Å². The zero-order chi connectivity index (χ0) is 14.7. The molecule has 0 radical (unpaired) electrons. The van der Waals surface area contributed by atoms with E-state index in [0.717, 1.165) is 17.7 Å². The van der Waals surface area contributed by atoms with E-state index < -0.39 is 11.6 Å². The summed E-state index contributed by atoms with van der Waals surface area (Å²) in [4.78, 5) is 0. The normalized spacial score (nSPS) is 14.1. The molecule has 1 N–H and O–H groups in total. The van der Waals surface area contributed by atoms with E-state index in [0.29, 0.717) is 10.6 Å². The molecule has 2 rings (SSSR count). The van der Waals surface area contributed by atoms with Crippen LogP contribution in [-0.2, 0) is 0 Å². The highest BCUT2D eigenvalue weighted by Crippen LogP contribution is 2.23. The molecule has 0 bridgehead atoms. The van der Waals surface area contributed by atoms with Crippen molar-refractivity contribution in [1.29, 1.82) is 0 Å². The second-order valence-electron chi connectivity index (χ2n) is 4.83. The Balaban J connectivity index is 2.12. The molecule has 20 heavy (non-hydrogen) atoms. The molecule has 2 aromatic carbocycles. The summed E-state index contributed by atoms with van der Waals surface area (Å²) in [5.74, 6) is -0.844. The number of benzene rings is 2. The van der Waals surface area contributed by atoms with Crippen LogP contribution in [0.15, 0.2) is 42.5 Å². The molecule has 1 nitrogen and oxygen atoms in total. The maximum atomic E-state index is 13.7. The van der Waals surface area contributed by atoms with Gasteiger partial charge in [-0.3, -0.25) is 0 Å². The lowest BCUT2D eigenvalue weighted by Gasteiger charge is -2.21. The summed E-state index contributed by atoms with van der Waals surface area (Å²) in [6.45, 7) is 3.78. The molecule has 0 spiro atoms. The summed E-state index contributed by atoms with van der Waals surface area (Å²) in [6, 6.07) is 10.6. The number of hydrogen-bond acceptors (Lipinski definition) is 1. The van der Waals surface area contributed by atoms with E-state index in [1.807, 2.05) is 38.1 Å². The Morgan fingerprint density at radius 3 is 2.25 bits per heavy atom. The van der Waals surface area contributed by atoms with Crippen LogP contribution in [0.4, 0.5) is 8.78 Å². The molecule has 0 saturated heterocycles. The van der Waals surface area contributed by atoms with Gasteiger partial charge in [-0.25, -0.2) is 8.78 Å². The first-order valence-corrected chi connectivity index (χ1v) is 6.81. The predicted molar refractivity (Wildman–Crippen MR) is 77.8 cm³/mol. The van der Waals surface area contributed by atoms with Crippen LogP contribution in [0.1, 0.15) is 37.1 Å². The smallest absolute Gasteiger partial charge is 0.128 e. The van der Waals surface area contributed by atoms with Crippen LogP contribution >= 0.6 is 11.6 Å². The van der Waals surface area contributed by atoms with Gasteiger partial charge in [0.1, 0.15) is 11.6 Å². The fourth-order valence-corrected chi connectivity index (χ4v) is 2.28. The number of halogens is 3. The Morgan fingerprint density at radius 1 is 0.950 bits per heavy atom. The third kappa shape index (κ3) is 3.56. The summed E-state index contributed by atoms with van der Waals surface area (Å²) in [5, 5.41) is 3.92. The minimum Gasteiger partial charge on any atom is -0.304 e. The number of rotatable bonds is 4. The molecule has 2 aromatic rings. The molecule has 0 aliphatic carbocycles. The van der Waals surface area contributed by atoms with Crippen molar-refractivity contribution in [3.05, 3.63) is 70.2 Å². The topological polar surface area (TPSA) is 12.0 Å². The molecule has 0 aliphatic rings. The maximum Gasteiger partial charge on any atom is 0.128 e. The molecule has 1 unspecified atom stereocenters. The molecule has 106 valence electrons. The van der Waals surface area contributed by atoms with E-state index in [4.69, 9.17) is 11.6 Å². The molecule has 0 aromatic heterocycles. The second kappa shape index (κ2) is 6.33. The number of hydrogen-bond donors (Lipinski definition) is 1. The van der Waals surface area contributed by atoms with E-state index in [1.165, 1.54) is 6.07 Å². The highest BCUT2D eigenvalue weighted by atomic mass is 35.5. The van der Waals surface area contributed by atoms with Gasteiger partial charge in [-0.15, -0.1) is 0 Å². The Hall–Kier alpha value is -1.45. The summed E-state index contributed by atoms with van der Waals surface area (Å²) in [5.41, 5.74) is 1.36. The molecule has 0 fully saturated rings.